The first kappa shape index (κ1) is 41.5. The Morgan fingerprint density at radius 3 is 1.58 bits per heavy atom. The lowest BCUT2D eigenvalue weighted by Gasteiger charge is -2.18. The van der Waals surface area contributed by atoms with Gasteiger partial charge in [0.05, 0.1) is 39.6 Å². The Bertz CT molecular complexity index is 877. The third-order valence-electron chi connectivity index (χ3n) is 6.23. The molecule has 0 aromatic rings. The highest BCUT2D eigenvalue weighted by molar-refractivity contribution is 5.86. The second kappa shape index (κ2) is 28.0. The van der Waals surface area contributed by atoms with Gasteiger partial charge in [-0.2, -0.15) is 0 Å². The number of aliphatic carboxylic acids is 3. The van der Waals surface area contributed by atoms with E-state index in [1.807, 2.05) is 12.4 Å². The molecule has 0 aliphatic rings. The molecule has 0 heterocycles. The monoisotopic (exact) mass is 649 g/mol. The second-order valence-electron chi connectivity index (χ2n) is 10.0. The summed E-state index contributed by atoms with van der Waals surface area (Å²) in [5.74, 6) is -4.54. The Balaban J connectivity index is 3.82. The summed E-state index contributed by atoms with van der Waals surface area (Å²) >= 11 is 0. The molecule has 0 aliphatic heterocycles. The van der Waals surface area contributed by atoms with Gasteiger partial charge in [0.25, 0.3) is 0 Å². The van der Waals surface area contributed by atoms with Crippen molar-refractivity contribution in [1.29, 1.82) is 0 Å². The summed E-state index contributed by atoms with van der Waals surface area (Å²) in [5.41, 5.74) is 0. The molecule has 2 atom stereocenters. The van der Waals surface area contributed by atoms with Crippen LogP contribution in [0.25, 0.3) is 0 Å². The number of carboxylic acids is 3. The number of carbonyl (C=O) groups is 6. The first-order valence-electron chi connectivity index (χ1n) is 15.2. The summed E-state index contributed by atoms with van der Waals surface area (Å²) in [5, 5.41) is 39.7. The van der Waals surface area contributed by atoms with E-state index in [0.29, 0.717) is 65.6 Å². The van der Waals surface area contributed by atoms with Gasteiger partial charge in [0, 0.05) is 38.9 Å². The lowest BCUT2D eigenvalue weighted by atomic mass is 10.1. The van der Waals surface area contributed by atoms with E-state index in [4.69, 9.17) is 24.4 Å². The number of unbranched alkanes of at least 4 members (excludes halogenated alkanes) is 4. The van der Waals surface area contributed by atoms with Gasteiger partial charge < -0.3 is 56.1 Å². The Kier molecular flexibility index (Phi) is 25.8. The number of carbonyl (C=O) groups excluding carboxylic acids is 3. The Hall–Kier alpha value is -3.54. The molecule has 2 unspecified atom stereocenters. The lowest BCUT2D eigenvalue weighted by molar-refractivity contribution is -0.141. The molecule has 17 nitrogen and oxygen atoms in total. The summed E-state index contributed by atoms with van der Waals surface area (Å²) in [7, 11) is 1.86. The van der Waals surface area contributed by atoms with Gasteiger partial charge in [-0.15, -0.1) is 0 Å². The van der Waals surface area contributed by atoms with Crippen LogP contribution >= 0.6 is 0 Å². The van der Waals surface area contributed by atoms with Gasteiger partial charge in [-0.3, -0.25) is 14.4 Å². The topological polar surface area (TPSA) is 251 Å². The van der Waals surface area contributed by atoms with Crippen molar-refractivity contribution in [3.8, 4) is 0 Å². The van der Waals surface area contributed by atoms with Crippen molar-refractivity contribution >= 4 is 35.8 Å². The number of rotatable bonds is 30. The molecule has 0 spiro atoms. The van der Waals surface area contributed by atoms with Crippen LogP contribution in [0.4, 0.5) is 4.79 Å². The van der Waals surface area contributed by atoms with Crippen molar-refractivity contribution in [2.45, 2.75) is 76.3 Å². The summed E-state index contributed by atoms with van der Waals surface area (Å²) in [6.07, 6.45) is 3.17. The Morgan fingerprint density at radius 2 is 1.02 bits per heavy atom. The second-order valence-corrected chi connectivity index (χ2v) is 10.0. The number of ether oxygens (including phenoxy) is 3. The Labute approximate surface area is 263 Å². The summed E-state index contributed by atoms with van der Waals surface area (Å²) in [6, 6.07) is -4.05. The van der Waals surface area contributed by atoms with Gasteiger partial charge >= 0.3 is 23.9 Å². The molecule has 0 saturated carbocycles. The minimum atomic E-state index is -1.51. The van der Waals surface area contributed by atoms with Crippen LogP contribution in [0.15, 0.2) is 0 Å². The first-order chi connectivity index (χ1) is 21.6. The van der Waals surface area contributed by atoms with Gasteiger partial charge in [0.15, 0.2) is 0 Å². The molecule has 0 aromatic heterocycles. The largest absolute Gasteiger partial charge is 0.481 e. The van der Waals surface area contributed by atoms with Crippen LogP contribution in [0.3, 0.4) is 0 Å². The first-order valence-corrected chi connectivity index (χ1v) is 15.2. The summed E-state index contributed by atoms with van der Waals surface area (Å²) < 4.78 is 16.1. The van der Waals surface area contributed by atoms with E-state index >= 15 is 0 Å². The molecule has 0 aromatic carbocycles. The van der Waals surface area contributed by atoms with Crippen LogP contribution in [-0.2, 0) is 38.2 Å². The van der Waals surface area contributed by atoms with Gasteiger partial charge in [-0.25, -0.2) is 14.4 Å². The van der Waals surface area contributed by atoms with Gasteiger partial charge in [-0.05, 0) is 32.7 Å². The van der Waals surface area contributed by atoms with Crippen molar-refractivity contribution in [1.82, 2.24) is 26.6 Å². The van der Waals surface area contributed by atoms with Gasteiger partial charge in [0.2, 0.25) is 11.8 Å². The zero-order valence-corrected chi connectivity index (χ0v) is 26.1. The van der Waals surface area contributed by atoms with E-state index in [1.54, 1.807) is 0 Å². The van der Waals surface area contributed by atoms with Gasteiger partial charge in [0.1, 0.15) is 12.1 Å². The minimum absolute atomic E-state index is 0.0349. The van der Waals surface area contributed by atoms with Gasteiger partial charge in [-0.1, -0.05) is 19.3 Å². The molecule has 8 N–H and O–H groups in total. The van der Waals surface area contributed by atoms with Crippen molar-refractivity contribution in [2.75, 3.05) is 66.3 Å². The maximum Gasteiger partial charge on any atom is 0.326 e. The average Bonchev–Trinajstić information content (AvgIpc) is 2.98. The van der Waals surface area contributed by atoms with E-state index in [2.05, 4.69) is 21.3 Å². The fraction of sp³-hybridized carbons (Fsp3) is 0.786. The summed E-state index contributed by atoms with van der Waals surface area (Å²) in [4.78, 5) is 69.3. The normalized spacial score (nSPS) is 12.1. The quantitative estimate of drug-likeness (QED) is 0.0465. The number of carboxylic acid groups (broad SMARTS) is 3. The molecule has 0 saturated heterocycles. The Morgan fingerprint density at radius 1 is 0.556 bits per heavy atom. The number of nitrogens with one attached hydrogen (secondary N) is 5. The molecule has 0 rings (SSSR count). The third-order valence-corrected chi connectivity index (χ3v) is 6.23. The van der Waals surface area contributed by atoms with Crippen LogP contribution in [-0.4, -0.2) is 129 Å². The highest BCUT2D eigenvalue weighted by Crippen LogP contribution is 2.06. The molecule has 0 fully saturated rings. The predicted molar refractivity (Wildman–Crippen MR) is 161 cm³/mol. The number of hydrogen-bond acceptors (Lipinski definition) is 10. The molecule has 0 radical (unpaired) electrons. The molecular weight excluding hydrogens is 598 g/mol. The van der Waals surface area contributed by atoms with Crippen LogP contribution in [0, 0.1) is 0 Å². The standard InChI is InChI=1S/C28H51N5O12/c1-29-13-15-43-17-19-45-20-18-44-16-14-31-23(34)7-5-3-2-4-6-12-30-24(35)10-8-21(26(38)39)32-28(42)33-22(27(40)41)9-11-25(36)37/h21-22,29H,2-20H2,1H3,(H,30,35)(H,31,34)(H,36,37)(H,38,39)(H,40,41)(H2,32,33,42). The van der Waals surface area contributed by atoms with Crippen molar-refractivity contribution in [2.24, 2.45) is 0 Å². The smallest absolute Gasteiger partial charge is 0.326 e. The highest BCUT2D eigenvalue weighted by Gasteiger charge is 2.25. The predicted octanol–water partition coefficient (Wildman–Crippen LogP) is -0.321. The lowest BCUT2D eigenvalue weighted by Crippen LogP contribution is -2.51. The maximum absolute atomic E-state index is 12.1. The maximum atomic E-state index is 12.1. The van der Waals surface area contributed by atoms with E-state index in [1.165, 1.54) is 0 Å². The minimum Gasteiger partial charge on any atom is -0.481 e. The molecule has 17 heteroatoms. The zero-order chi connectivity index (χ0) is 33.7. The van der Waals surface area contributed by atoms with E-state index in [9.17, 15) is 33.9 Å². The van der Waals surface area contributed by atoms with Crippen molar-refractivity contribution in [3.05, 3.63) is 0 Å². The SMILES string of the molecule is CNCCOCCOCCOCCNC(=O)CCCCCCCNC(=O)CCC(NC(=O)NC(CCC(=O)O)C(=O)O)C(=O)O. The average molecular weight is 650 g/mol. The van der Waals surface area contributed by atoms with Crippen LogP contribution in [0.2, 0.25) is 0 Å². The third kappa shape index (κ3) is 26.6. The van der Waals surface area contributed by atoms with E-state index < -0.39 is 48.4 Å². The molecule has 45 heavy (non-hydrogen) atoms. The molecule has 260 valence electrons. The van der Waals surface area contributed by atoms with Crippen LogP contribution in [0.1, 0.15) is 64.2 Å². The molecule has 4 amide bonds. The fourth-order valence-corrected chi connectivity index (χ4v) is 3.74. The van der Waals surface area contributed by atoms with Crippen LogP contribution < -0.4 is 26.6 Å². The fourth-order valence-electron chi connectivity index (χ4n) is 3.74. The zero-order valence-electron chi connectivity index (χ0n) is 26.1. The van der Waals surface area contributed by atoms with E-state index in [0.717, 1.165) is 32.2 Å². The summed E-state index contributed by atoms with van der Waals surface area (Å²) in [6.45, 7) is 4.64. The molecule has 0 aliphatic carbocycles. The van der Waals surface area contributed by atoms with Crippen molar-refractivity contribution in [3.63, 3.8) is 0 Å². The van der Waals surface area contributed by atoms with Crippen molar-refractivity contribution < 1.29 is 58.3 Å². The highest BCUT2D eigenvalue weighted by atomic mass is 16.5. The van der Waals surface area contributed by atoms with E-state index in [-0.39, 0.29) is 25.2 Å². The number of amides is 4. The van der Waals surface area contributed by atoms with Crippen LogP contribution in [0.5, 0.6) is 0 Å². The number of likely N-dealkylation sites (N-methyl/N-ethyl adjacent to an activating group) is 1. The molecule has 0 bridgehead atoms. The molecular formula is C28H51N5O12. The number of hydrogen-bond donors (Lipinski definition) is 8. The number of urea groups is 1.